The van der Waals surface area contributed by atoms with Gasteiger partial charge in [-0.2, -0.15) is 13.2 Å². The first-order chi connectivity index (χ1) is 8.27. The molecule has 0 aromatic rings. The van der Waals surface area contributed by atoms with Crippen LogP contribution in [-0.4, -0.2) is 36.1 Å². The summed E-state index contributed by atoms with van der Waals surface area (Å²) in [6, 6.07) is -0.597. The van der Waals surface area contributed by atoms with Crippen LogP contribution in [0.25, 0.3) is 0 Å². The predicted octanol–water partition coefficient (Wildman–Crippen LogP) is 1.28. The standard InChI is InChI=1S/C11H20F3N3O/c1-7(2)9(10(18)16-15)17-5-3-4-8(6-17)11(12,13)14/h7-9H,3-6,15H2,1-2H3,(H,16,18). The van der Waals surface area contributed by atoms with Crippen LogP contribution in [0, 0.1) is 11.8 Å². The van der Waals surface area contributed by atoms with Crippen LogP contribution in [0.1, 0.15) is 26.7 Å². The molecular formula is C11H20F3N3O. The molecule has 1 amide bonds. The van der Waals surface area contributed by atoms with E-state index in [1.54, 1.807) is 18.7 Å². The number of nitrogens with two attached hydrogens (primary N) is 1. The Balaban J connectivity index is 2.77. The number of likely N-dealkylation sites (tertiary alicyclic amines) is 1. The quantitative estimate of drug-likeness (QED) is 0.460. The summed E-state index contributed by atoms with van der Waals surface area (Å²) in [7, 11) is 0. The van der Waals surface area contributed by atoms with Crippen molar-refractivity contribution in [3.8, 4) is 0 Å². The molecule has 2 unspecified atom stereocenters. The second kappa shape index (κ2) is 5.88. The van der Waals surface area contributed by atoms with Gasteiger partial charge in [-0.1, -0.05) is 13.8 Å². The molecule has 106 valence electrons. The van der Waals surface area contributed by atoms with Gasteiger partial charge in [-0.25, -0.2) is 5.84 Å². The monoisotopic (exact) mass is 267 g/mol. The molecule has 1 rings (SSSR count). The van der Waals surface area contributed by atoms with Gasteiger partial charge in [0.15, 0.2) is 0 Å². The lowest BCUT2D eigenvalue weighted by atomic mass is 9.93. The molecule has 4 nitrogen and oxygen atoms in total. The lowest BCUT2D eigenvalue weighted by molar-refractivity contribution is -0.190. The number of nitrogens with zero attached hydrogens (tertiary/aromatic N) is 1. The number of rotatable bonds is 3. The van der Waals surface area contributed by atoms with Crippen LogP contribution in [0.4, 0.5) is 13.2 Å². The molecule has 3 N–H and O–H groups in total. The molecule has 1 saturated heterocycles. The van der Waals surface area contributed by atoms with Gasteiger partial charge in [-0.05, 0) is 25.3 Å². The van der Waals surface area contributed by atoms with E-state index >= 15 is 0 Å². The zero-order valence-electron chi connectivity index (χ0n) is 10.6. The number of carbonyl (C=O) groups excluding carboxylic acids is 1. The van der Waals surface area contributed by atoms with Crippen molar-refractivity contribution in [2.75, 3.05) is 13.1 Å². The molecule has 0 aromatic carbocycles. The highest BCUT2D eigenvalue weighted by atomic mass is 19.4. The minimum Gasteiger partial charge on any atom is -0.293 e. The molecule has 2 atom stereocenters. The van der Waals surface area contributed by atoms with Crippen LogP contribution in [-0.2, 0) is 4.79 Å². The maximum Gasteiger partial charge on any atom is 0.393 e. The normalized spacial score (nSPS) is 24.1. The van der Waals surface area contributed by atoms with E-state index in [1.807, 2.05) is 5.43 Å². The van der Waals surface area contributed by atoms with Gasteiger partial charge in [0.2, 0.25) is 0 Å². The van der Waals surface area contributed by atoms with Crippen molar-refractivity contribution in [2.45, 2.75) is 38.9 Å². The number of hydrogen-bond donors (Lipinski definition) is 2. The Morgan fingerprint density at radius 3 is 2.50 bits per heavy atom. The smallest absolute Gasteiger partial charge is 0.293 e. The number of hydrazine groups is 1. The van der Waals surface area contributed by atoms with Crippen molar-refractivity contribution in [3.05, 3.63) is 0 Å². The van der Waals surface area contributed by atoms with E-state index in [1.165, 1.54) is 0 Å². The van der Waals surface area contributed by atoms with Crippen LogP contribution >= 0.6 is 0 Å². The molecule has 18 heavy (non-hydrogen) atoms. The Labute approximate surface area is 105 Å². The molecular weight excluding hydrogens is 247 g/mol. The fourth-order valence-corrected chi connectivity index (χ4v) is 2.50. The van der Waals surface area contributed by atoms with Crippen molar-refractivity contribution in [3.63, 3.8) is 0 Å². The summed E-state index contributed by atoms with van der Waals surface area (Å²) in [6.45, 7) is 3.98. The van der Waals surface area contributed by atoms with Crippen molar-refractivity contribution in [1.82, 2.24) is 10.3 Å². The number of alkyl halides is 3. The van der Waals surface area contributed by atoms with Gasteiger partial charge in [-0.3, -0.25) is 15.1 Å². The summed E-state index contributed by atoms with van der Waals surface area (Å²) in [4.78, 5) is 13.2. The lowest BCUT2D eigenvalue weighted by Gasteiger charge is -2.39. The second-order valence-electron chi connectivity index (χ2n) is 5.07. The van der Waals surface area contributed by atoms with Crippen molar-refractivity contribution in [2.24, 2.45) is 17.7 Å². The molecule has 1 aliphatic heterocycles. The summed E-state index contributed by atoms with van der Waals surface area (Å²) < 4.78 is 38.1. The third-order valence-electron chi connectivity index (χ3n) is 3.35. The molecule has 7 heteroatoms. The van der Waals surface area contributed by atoms with Crippen LogP contribution in [0.15, 0.2) is 0 Å². The number of amides is 1. The maximum atomic E-state index is 12.7. The lowest BCUT2D eigenvalue weighted by Crippen LogP contribution is -2.55. The van der Waals surface area contributed by atoms with E-state index in [9.17, 15) is 18.0 Å². The number of carbonyl (C=O) groups is 1. The Kier molecular flexibility index (Phi) is 4.98. The number of nitrogens with one attached hydrogen (secondary N) is 1. The Hall–Kier alpha value is -0.820. The summed E-state index contributed by atoms with van der Waals surface area (Å²) in [6.07, 6.45) is -3.61. The van der Waals surface area contributed by atoms with E-state index in [4.69, 9.17) is 5.84 Å². The molecule has 0 bridgehead atoms. The fraction of sp³-hybridized carbons (Fsp3) is 0.909. The first-order valence-corrected chi connectivity index (χ1v) is 6.08. The van der Waals surface area contributed by atoms with Gasteiger partial charge in [0.25, 0.3) is 5.91 Å². The topological polar surface area (TPSA) is 58.4 Å². The summed E-state index contributed by atoms with van der Waals surface area (Å²) in [5.74, 6) is 3.23. The number of hydrogen-bond acceptors (Lipinski definition) is 3. The SMILES string of the molecule is CC(C)C(C(=O)NN)N1CCCC(C(F)(F)F)C1. The highest BCUT2D eigenvalue weighted by Crippen LogP contribution is 2.34. The summed E-state index contributed by atoms with van der Waals surface area (Å²) in [5.41, 5.74) is 2.04. The van der Waals surface area contributed by atoms with Crippen LogP contribution in [0.5, 0.6) is 0 Å². The largest absolute Gasteiger partial charge is 0.393 e. The molecule has 1 aliphatic rings. The minimum atomic E-state index is -4.20. The molecule has 0 spiro atoms. The zero-order valence-corrected chi connectivity index (χ0v) is 10.6. The van der Waals surface area contributed by atoms with Crippen molar-refractivity contribution in [1.29, 1.82) is 0 Å². The molecule has 1 heterocycles. The third-order valence-corrected chi connectivity index (χ3v) is 3.35. The van der Waals surface area contributed by atoms with E-state index < -0.39 is 24.0 Å². The average molecular weight is 267 g/mol. The van der Waals surface area contributed by atoms with Gasteiger partial charge >= 0.3 is 6.18 Å². The fourth-order valence-electron chi connectivity index (χ4n) is 2.50. The zero-order chi connectivity index (χ0) is 13.9. The first-order valence-electron chi connectivity index (χ1n) is 6.08. The highest BCUT2D eigenvalue weighted by molar-refractivity contribution is 5.81. The minimum absolute atomic E-state index is 0.0828. The van der Waals surface area contributed by atoms with Crippen LogP contribution in [0.3, 0.4) is 0 Å². The highest BCUT2D eigenvalue weighted by Gasteiger charge is 2.44. The first kappa shape index (κ1) is 15.2. The Morgan fingerprint density at radius 1 is 1.44 bits per heavy atom. The molecule has 0 saturated carbocycles. The van der Waals surface area contributed by atoms with Gasteiger partial charge in [-0.15, -0.1) is 0 Å². The molecule has 0 aromatic heterocycles. The Bertz CT molecular complexity index is 294. The number of piperidine rings is 1. The molecule has 1 fully saturated rings. The van der Waals surface area contributed by atoms with Gasteiger partial charge in [0, 0.05) is 6.54 Å². The third kappa shape index (κ3) is 3.58. The van der Waals surface area contributed by atoms with Gasteiger partial charge in [0.05, 0.1) is 12.0 Å². The van der Waals surface area contributed by atoms with E-state index in [0.717, 1.165) is 0 Å². The summed E-state index contributed by atoms with van der Waals surface area (Å²) in [5, 5.41) is 0. The summed E-state index contributed by atoms with van der Waals surface area (Å²) >= 11 is 0. The average Bonchev–Trinajstić information content (AvgIpc) is 2.27. The van der Waals surface area contributed by atoms with Crippen molar-refractivity contribution >= 4 is 5.91 Å². The van der Waals surface area contributed by atoms with Crippen LogP contribution < -0.4 is 11.3 Å². The van der Waals surface area contributed by atoms with Gasteiger partial charge in [0.1, 0.15) is 0 Å². The predicted molar refractivity (Wildman–Crippen MR) is 61.3 cm³/mol. The molecule has 0 aliphatic carbocycles. The number of halogens is 3. The van der Waals surface area contributed by atoms with Crippen molar-refractivity contribution < 1.29 is 18.0 Å². The molecule has 0 radical (unpaired) electrons. The Morgan fingerprint density at radius 2 is 2.06 bits per heavy atom. The van der Waals surface area contributed by atoms with E-state index in [2.05, 4.69) is 0 Å². The van der Waals surface area contributed by atoms with Crippen LogP contribution in [0.2, 0.25) is 0 Å². The second-order valence-corrected chi connectivity index (χ2v) is 5.07. The van der Waals surface area contributed by atoms with Gasteiger partial charge < -0.3 is 0 Å². The van der Waals surface area contributed by atoms with E-state index in [0.29, 0.717) is 13.0 Å². The van der Waals surface area contributed by atoms with E-state index in [-0.39, 0.29) is 18.9 Å². The maximum absolute atomic E-state index is 12.7.